The Labute approximate surface area is 113 Å². The van der Waals surface area contributed by atoms with Crippen LogP contribution in [0.2, 0.25) is 0 Å². The Kier molecular flexibility index (Phi) is 4.17. The normalized spacial score (nSPS) is 12.4. The molecule has 0 spiro atoms. The van der Waals surface area contributed by atoms with E-state index in [4.69, 9.17) is 0 Å². The lowest BCUT2D eigenvalue weighted by molar-refractivity contribution is 0.489. The van der Waals surface area contributed by atoms with E-state index in [1.807, 2.05) is 38.4 Å². The molecule has 0 aliphatic heterocycles. The molecule has 1 unspecified atom stereocenters. The first kappa shape index (κ1) is 13.6. The maximum Gasteiger partial charge on any atom is 0.250 e. The molecule has 1 aromatic heterocycles. The van der Waals surface area contributed by atoms with Crippen LogP contribution < -0.4 is 10.9 Å². The molecule has 0 aliphatic carbocycles. The fraction of sp³-hybridized carbons (Fsp3) is 0.312. The zero-order chi connectivity index (χ0) is 13.8. The highest BCUT2D eigenvalue weighted by atomic mass is 16.1. The van der Waals surface area contributed by atoms with E-state index in [1.54, 1.807) is 10.6 Å². The largest absolute Gasteiger partial charge is 0.314 e. The molecule has 1 heterocycles. The van der Waals surface area contributed by atoms with Crippen LogP contribution in [-0.4, -0.2) is 11.6 Å². The van der Waals surface area contributed by atoms with Crippen LogP contribution in [0.4, 0.5) is 0 Å². The molecule has 0 radical (unpaired) electrons. The van der Waals surface area contributed by atoms with Gasteiger partial charge in [-0.2, -0.15) is 0 Å². The number of aromatic nitrogens is 1. The summed E-state index contributed by atoms with van der Waals surface area (Å²) < 4.78 is 1.75. The van der Waals surface area contributed by atoms with Crippen molar-refractivity contribution >= 4 is 0 Å². The first-order valence-electron chi connectivity index (χ1n) is 6.51. The van der Waals surface area contributed by atoms with Crippen molar-refractivity contribution in [1.82, 2.24) is 9.88 Å². The van der Waals surface area contributed by atoms with Gasteiger partial charge in [-0.15, -0.1) is 0 Å². The van der Waals surface area contributed by atoms with Crippen molar-refractivity contribution in [2.75, 3.05) is 7.05 Å². The van der Waals surface area contributed by atoms with Gasteiger partial charge < -0.3 is 9.88 Å². The van der Waals surface area contributed by atoms with Crippen LogP contribution in [-0.2, 0) is 6.54 Å². The molecule has 0 bridgehead atoms. The summed E-state index contributed by atoms with van der Waals surface area (Å²) in [6.45, 7) is 4.67. The van der Waals surface area contributed by atoms with Crippen LogP contribution in [0.5, 0.6) is 0 Å². The maximum atomic E-state index is 11.9. The van der Waals surface area contributed by atoms with Crippen molar-refractivity contribution < 1.29 is 0 Å². The molecule has 0 saturated carbocycles. The van der Waals surface area contributed by atoms with Crippen molar-refractivity contribution in [3.8, 4) is 0 Å². The summed E-state index contributed by atoms with van der Waals surface area (Å²) in [6, 6.07) is 12.0. The molecule has 0 aliphatic rings. The molecule has 3 nitrogen and oxygen atoms in total. The lowest BCUT2D eigenvalue weighted by atomic mass is 10.0. The van der Waals surface area contributed by atoms with Gasteiger partial charge in [0.1, 0.15) is 0 Å². The van der Waals surface area contributed by atoms with Crippen molar-refractivity contribution in [3.63, 3.8) is 0 Å². The first-order chi connectivity index (χ1) is 9.11. The van der Waals surface area contributed by atoms with Gasteiger partial charge in [0.2, 0.25) is 0 Å². The average Bonchev–Trinajstić information content (AvgIpc) is 2.39. The summed E-state index contributed by atoms with van der Waals surface area (Å²) in [7, 11) is 1.93. The number of benzene rings is 1. The number of rotatable bonds is 4. The van der Waals surface area contributed by atoms with E-state index in [0.717, 1.165) is 5.56 Å². The van der Waals surface area contributed by atoms with Crippen LogP contribution in [0.3, 0.4) is 0 Å². The zero-order valence-corrected chi connectivity index (χ0v) is 11.7. The second-order valence-electron chi connectivity index (χ2n) is 4.89. The second-order valence-corrected chi connectivity index (χ2v) is 4.89. The lowest BCUT2D eigenvalue weighted by Crippen LogP contribution is -2.28. The smallest absolute Gasteiger partial charge is 0.250 e. The van der Waals surface area contributed by atoms with Gasteiger partial charge >= 0.3 is 0 Å². The minimum atomic E-state index is 0.0498. The number of nitrogens with one attached hydrogen (secondary N) is 1. The first-order valence-corrected chi connectivity index (χ1v) is 6.51. The summed E-state index contributed by atoms with van der Waals surface area (Å²) >= 11 is 0. The minimum Gasteiger partial charge on any atom is -0.314 e. The van der Waals surface area contributed by atoms with Gasteiger partial charge in [-0.05, 0) is 43.7 Å². The topological polar surface area (TPSA) is 34.0 Å². The predicted octanol–water partition coefficient (Wildman–Crippen LogP) is 2.43. The molecule has 0 saturated heterocycles. The Morgan fingerprint density at radius 3 is 2.58 bits per heavy atom. The predicted molar refractivity (Wildman–Crippen MR) is 78.4 cm³/mol. The summed E-state index contributed by atoms with van der Waals surface area (Å²) in [5.41, 5.74) is 3.52. The second kappa shape index (κ2) is 5.85. The average molecular weight is 256 g/mol. The van der Waals surface area contributed by atoms with E-state index in [-0.39, 0.29) is 11.6 Å². The van der Waals surface area contributed by atoms with Crippen molar-refractivity contribution in [2.24, 2.45) is 0 Å². The fourth-order valence-corrected chi connectivity index (χ4v) is 2.28. The van der Waals surface area contributed by atoms with Gasteiger partial charge in [0.05, 0.1) is 6.04 Å². The van der Waals surface area contributed by atoms with Gasteiger partial charge in [-0.1, -0.05) is 24.3 Å². The third kappa shape index (κ3) is 3.12. The van der Waals surface area contributed by atoms with Gasteiger partial charge in [-0.25, -0.2) is 0 Å². The SMILES string of the molecule is CNC(Cn1ccc(C)cc1=O)c1ccccc1C. The van der Waals surface area contributed by atoms with E-state index in [0.29, 0.717) is 6.54 Å². The molecule has 1 N–H and O–H groups in total. The summed E-state index contributed by atoms with van der Waals surface area (Å²) in [6.07, 6.45) is 1.86. The van der Waals surface area contributed by atoms with E-state index in [1.165, 1.54) is 11.1 Å². The van der Waals surface area contributed by atoms with Crippen LogP contribution in [0.25, 0.3) is 0 Å². The molecule has 1 atom stereocenters. The zero-order valence-electron chi connectivity index (χ0n) is 11.7. The molecule has 0 fully saturated rings. The fourth-order valence-electron chi connectivity index (χ4n) is 2.28. The number of pyridine rings is 1. The number of nitrogens with zero attached hydrogens (tertiary/aromatic N) is 1. The van der Waals surface area contributed by atoms with Crippen LogP contribution >= 0.6 is 0 Å². The Bertz CT molecular complexity index is 616. The Morgan fingerprint density at radius 1 is 1.21 bits per heavy atom. The van der Waals surface area contributed by atoms with E-state index >= 15 is 0 Å². The van der Waals surface area contributed by atoms with Crippen LogP contribution in [0.15, 0.2) is 47.4 Å². The molecule has 19 heavy (non-hydrogen) atoms. The summed E-state index contributed by atoms with van der Waals surface area (Å²) in [5.74, 6) is 0. The highest BCUT2D eigenvalue weighted by Crippen LogP contribution is 2.18. The molecule has 0 amide bonds. The maximum absolute atomic E-state index is 11.9. The van der Waals surface area contributed by atoms with Crippen molar-refractivity contribution in [2.45, 2.75) is 26.4 Å². The Morgan fingerprint density at radius 2 is 1.95 bits per heavy atom. The standard InChI is InChI=1S/C16H20N2O/c1-12-8-9-18(16(19)10-12)11-15(17-3)14-7-5-4-6-13(14)2/h4-10,15,17H,11H2,1-3H3. The monoisotopic (exact) mass is 256 g/mol. The third-order valence-electron chi connectivity index (χ3n) is 3.44. The summed E-state index contributed by atoms with van der Waals surface area (Å²) in [5, 5.41) is 3.29. The lowest BCUT2D eigenvalue weighted by Gasteiger charge is -2.20. The van der Waals surface area contributed by atoms with Gasteiger partial charge in [-0.3, -0.25) is 4.79 Å². The van der Waals surface area contributed by atoms with E-state index in [2.05, 4.69) is 24.4 Å². The number of hydrogen-bond acceptors (Lipinski definition) is 2. The molecule has 2 aromatic rings. The van der Waals surface area contributed by atoms with Crippen molar-refractivity contribution in [3.05, 3.63) is 69.6 Å². The molecule has 3 heteroatoms. The number of likely N-dealkylation sites (N-methyl/N-ethyl adjacent to an activating group) is 1. The summed E-state index contributed by atoms with van der Waals surface area (Å²) in [4.78, 5) is 11.9. The van der Waals surface area contributed by atoms with E-state index < -0.39 is 0 Å². The third-order valence-corrected chi connectivity index (χ3v) is 3.44. The van der Waals surface area contributed by atoms with Gasteiger partial charge in [0.15, 0.2) is 0 Å². The number of hydrogen-bond donors (Lipinski definition) is 1. The Balaban J connectivity index is 2.29. The molecule has 1 aromatic carbocycles. The highest BCUT2D eigenvalue weighted by molar-refractivity contribution is 5.28. The minimum absolute atomic E-state index is 0.0498. The van der Waals surface area contributed by atoms with Crippen LogP contribution in [0.1, 0.15) is 22.7 Å². The molecule has 2 rings (SSSR count). The molecule has 100 valence electrons. The van der Waals surface area contributed by atoms with Crippen molar-refractivity contribution in [1.29, 1.82) is 0 Å². The van der Waals surface area contributed by atoms with Crippen LogP contribution in [0, 0.1) is 13.8 Å². The Hall–Kier alpha value is -1.87. The quantitative estimate of drug-likeness (QED) is 0.911. The molecular weight excluding hydrogens is 236 g/mol. The number of aryl methyl sites for hydroxylation is 2. The highest BCUT2D eigenvalue weighted by Gasteiger charge is 2.12. The van der Waals surface area contributed by atoms with Gasteiger partial charge in [0, 0.05) is 18.8 Å². The van der Waals surface area contributed by atoms with E-state index in [9.17, 15) is 4.79 Å². The van der Waals surface area contributed by atoms with Gasteiger partial charge in [0.25, 0.3) is 5.56 Å². The molecular formula is C16H20N2O.